The van der Waals surface area contributed by atoms with Crippen LogP contribution >= 0.6 is 23.1 Å². The smallest absolute Gasteiger partial charge is 0.305 e. The SMILES string of the molecule is O=C1C2C3CC(C2C(=O)N1c1ccc([N+](=O)[O-])cc1)C1C3Sc2[nH]c(=O)sc2[C@@H]1c1cccnc1. The van der Waals surface area contributed by atoms with Gasteiger partial charge < -0.3 is 4.98 Å². The number of amides is 2. The summed E-state index contributed by atoms with van der Waals surface area (Å²) in [6.45, 7) is 0. The number of rotatable bonds is 3. The Balaban J connectivity index is 1.29. The average molecular weight is 507 g/mol. The van der Waals surface area contributed by atoms with E-state index in [0.29, 0.717) is 5.69 Å². The molecule has 9 nitrogen and oxygen atoms in total. The highest BCUT2D eigenvalue weighted by Gasteiger charge is 2.69. The number of nitrogens with one attached hydrogen (secondary N) is 1. The minimum Gasteiger partial charge on any atom is -0.307 e. The van der Waals surface area contributed by atoms with E-state index in [1.807, 2.05) is 18.3 Å². The van der Waals surface area contributed by atoms with Crippen molar-refractivity contribution in [2.24, 2.45) is 29.6 Å². The highest BCUT2D eigenvalue weighted by Crippen LogP contribution is 2.68. The summed E-state index contributed by atoms with van der Waals surface area (Å²) < 4.78 is 0. The molecule has 2 aromatic heterocycles. The molecule has 4 aliphatic rings. The van der Waals surface area contributed by atoms with E-state index >= 15 is 0 Å². The molecule has 7 rings (SSSR count). The number of H-pyrrole nitrogens is 1. The first-order chi connectivity index (χ1) is 16.9. The summed E-state index contributed by atoms with van der Waals surface area (Å²) >= 11 is 2.86. The maximum atomic E-state index is 13.7. The number of thioether (sulfide) groups is 1. The summed E-state index contributed by atoms with van der Waals surface area (Å²) in [4.78, 5) is 59.5. The van der Waals surface area contributed by atoms with Gasteiger partial charge in [-0.3, -0.25) is 34.4 Å². The molecule has 0 spiro atoms. The molecular formula is C24H18N4O5S2. The van der Waals surface area contributed by atoms with Gasteiger partial charge in [-0.25, -0.2) is 0 Å². The van der Waals surface area contributed by atoms with E-state index in [-0.39, 0.29) is 51.3 Å². The number of fused-ring (bicyclic) bond motifs is 9. The molecule has 1 aromatic carbocycles. The van der Waals surface area contributed by atoms with Gasteiger partial charge in [0.15, 0.2) is 0 Å². The predicted molar refractivity (Wildman–Crippen MR) is 128 cm³/mol. The van der Waals surface area contributed by atoms with E-state index in [1.165, 1.54) is 40.5 Å². The van der Waals surface area contributed by atoms with Gasteiger partial charge in [0.05, 0.1) is 27.5 Å². The number of aromatic nitrogens is 2. The topological polar surface area (TPSA) is 126 Å². The lowest BCUT2D eigenvalue weighted by Gasteiger charge is -2.42. The van der Waals surface area contributed by atoms with E-state index in [4.69, 9.17) is 0 Å². The Morgan fingerprint density at radius 2 is 1.80 bits per heavy atom. The standard InChI is InChI=1S/C24H18N4O5S2/c29-22-17-13-8-14(18(17)23(30)27(22)11-3-5-12(6-4-11)28(32)33)19-16(13)15(10-2-1-7-25-9-10)20-21(34-19)26-24(31)35-20/h1-7,9,13-19H,8H2,(H,26,31)/t13?,14?,15-,16?,17?,18?,19?/m1/s1. The van der Waals surface area contributed by atoms with Gasteiger partial charge in [-0.2, -0.15) is 0 Å². The second-order valence-electron chi connectivity index (χ2n) is 9.53. The number of hydrogen-bond acceptors (Lipinski definition) is 8. The summed E-state index contributed by atoms with van der Waals surface area (Å²) in [5.74, 6) is -1.17. The number of non-ortho nitro benzene ring substituents is 1. The molecular weight excluding hydrogens is 488 g/mol. The van der Waals surface area contributed by atoms with Crippen molar-refractivity contribution in [2.45, 2.75) is 22.6 Å². The van der Waals surface area contributed by atoms with Crippen molar-refractivity contribution in [3.05, 3.63) is 79.0 Å². The number of carbonyl (C=O) groups excluding carboxylic acids is 2. The number of nitrogens with zero attached hydrogens (tertiary/aromatic N) is 3. The molecule has 11 heteroatoms. The van der Waals surface area contributed by atoms with Crippen LogP contribution in [0.15, 0.2) is 58.6 Å². The molecule has 2 aliphatic carbocycles. The van der Waals surface area contributed by atoms with E-state index in [0.717, 1.165) is 21.9 Å². The Morgan fingerprint density at radius 1 is 1.06 bits per heavy atom. The minimum absolute atomic E-state index is 0.0116. The molecule has 7 atom stereocenters. The van der Waals surface area contributed by atoms with Gasteiger partial charge in [0.25, 0.3) is 5.69 Å². The van der Waals surface area contributed by atoms with Crippen LogP contribution in [0, 0.1) is 39.7 Å². The minimum atomic E-state index is -0.504. The third-order valence-electron chi connectivity index (χ3n) is 8.09. The zero-order valence-electron chi connectivity index (χ0n) is 18.1. The summed E-state index contributed by atoms with van der Waals surface area (Å²) in [6, 6.07) is 9.49. The number of benzene rings is 1. The first kappa shape index (κ1) is 21.0. The van der Waals surface area contributed by atoms with Gasteiger partial charge in [0.1, 0.15) is 0 Å². The summed E-state index contributed by atoms with van der Waals surface area (Å²) in [5.41, 5.74) is 1.31. The number of carbonyl (C=O) groups is 2. The van der Waals surface area contributed by atoms with Crippen LogP contribution < -0.4 is 9.77 Å². The van der Waals surface area contributed by atoms with Gasteiger partial charge in [-0.05, 0) is 47.9 Å². The zero-order chi connectivity index (χ0) is 24.0. The van der Waals surface area contributed by atoms with Gasteiger partial charge in [-0.15, -0.1) is 11.8 Å². The van der Waals surface area contributed by atoms with Gasteiger partial charge in [0.2, 0.25) is 11.8 Å². The quantitative estimate of drug-likeness (QED) is 0.328. The van der Waals surface area contributed by atoms with Crippen molar-refractivity contribution < 1.29 is 14.5 Å². The van der Waals surface area contributed by atoms with Crippen LogP contribution in [0.2, 0.25) is 0 Å². The lowest BCUT2D eigenvalue weighted by Crippen LogP contribution is -2.42. The number of pyridine rings is 1. The van der Waals surface area contributed by atoms with Crippen molar-refractivity contribution in [3.8, 4) is 0 Å². The number of nitro groups is 1. The Hall–Kier alpha value is -3.31. The number of nitro benzene ring substituents is 1. The van der Waals surface area contributed by atoms with E-state index in [2.05, 4.69) is 9.97 Å². The fraction of sp³-hybridized carbons (Fsp3) is 0.333. The molecule has 1 saturated heterocycles. The lowest BCUT2D eigenvalue weighted by molar-refractivity contribution is -0.384. The van der Waals surface area contributed by atoms with Crippen molar-refractivity contribution in [3.63, 3.8) is 0 Å². The zero-order valence-corrected chi connectivity index (χ0v) is 19.7. The largest absolute Gasteiger partial charge is 0.307 e. The monoisotopic (exact) mass is 506 g/mol. The van der Waals surface area contributed by atoms with Crippen molar-refractivity contribution in [1.29, 1.82) is 0 Å². The molecule has 2 amide bonds. The molecule has 3 fully saturated rings. The van der Waals surface area contributed by atoms with Crippen molar-refractivity contribution in [2.75, 3.05) is 4.90 Å². The maximum absolute atomic E-state index is 13.7. The number of imide groups is 1. The third-order valence-corrected chi connectivity index (χ3v) is 10.7. The first-order valence-electron chi connectivity index (χ1n) is 11.4. The van der Waals surface area contributed by atoms with Crippen molar-refractivity contribution in [1.82, 2.24) is 9.97 Å². The summed E-state index contributed by atoms with van der Waals surface area (Å²) in [5, 5.41) is 12.0. The Labute approximate surface area is 206 Å². The fourth-order valence-electron chi connectivity index (χ4n) is 6.93. The van der Waals surface area contributed by atoms with Crippen LogP contribution in [0.5, 0.6) is 0 Å². The summed E-state index contributed by atoms with van der Waals surface area (Å²) in [6.07, 6.45) is 4.36. The van der Waals surface area contributed by atoms with E-state index in [1.54, 1.807) is 18.0 Å². The molecule has 1 N–H and O–H groups in total. The Kier molecular flexibility index (Phi) is 4.41. The number of hydrogen-bond donors (Lipinski definition) is 1. The fourth-order valence-corrected chi connectivity index (χ4v) is 9.82. The number of anilines is 1. The van der Waals surface area contributed by atoms with Crippen LogP contribution in [0.1, 0.15) is 22.8 Å². The molecule has 6 unspecified atom stereocenters. The molecule has 2 aliphatic heterocycles. The van der Waals surface area contributed by atoms with Gasteiger partial charge in [0, 0.05) is 40.6 Å². The van der Waals surface area contributed by atoms with Crippen molar-refractivity contribution >= 4 is 46.3 Å². The molecule has 4 heterocycles. The van der Waals surface area contributed by atoms with Crippen LogP contribution in [-0.2, 0) is 9.59 Å². The van der Waals surface area contributed by atoms with Gasteiger partial charge >= 0.3 is 4.87 Å². The molecule has 176 valence electrons. The number of aromatic amines is 1. The molecule has 2 bridgehead atoms. The van der Waals surface area contributed by atoms with Crippen LogP contribution in [0.25, 0.3) is 0 Å². The average Bonchev–Trinajstić information content (AvgIpc) is 3.58. The molecule has 35 heavy (non-hydrogen) atoms. The molecule has 2 saturated carbocycles. The second kappa shape index (κ2) is 7.34. The van der Waals surface area contributed by atoms with E-state index < -0.39 is 16.8 Å². The van der Waals surface area contributed by atoms with Gasteiger partial charge in [-0.1, -0.05) is 17.4 Å². The predicted octanol–water partition coefficient (Wildman–Crippen LogP) is 3.42. The second-order valence-corrected chi connectivity index (χ2v) is 11.7. The Bertz CT molecular complexity index is 1450. The normalized spacial score (nSPS) is 32.5. The Morgan fingerprint density at radius 3 is 2.49 bits per heavy atom. The summed E-state index contributed by atoms with van der Waals surface area (Å²) in [7, 11) is 0. The number of thiazole rings is 1. The van der Waals surface area contributed by atoms with E-state index in [9.17, 15) is 24.5 Å². The highest BCUT2D eigenvalue weighted by atomic mass is 32.2. The lowest BCUT2D eigenvalue weighted by atomic mass is 9.68. The van der Waals surface area contributed by atoms with Crippen LogP contribution in [-0.4, -0.2) is 32.0 Å². The highest BCUT2D eigenvalue weighted by molar-refractivity contribution is 8.00. The van der Waals surface area contributed by atoms with Crippen LogP contribution in [0.3, 0.4) is 0 Å². The first-order valence-corrected chi connectivity index (χ1v) is 13.1. The van der Waals surface area contributed by atoms with Crippen LogP contribution in [0.4, 0.5) is 11.4 Å². The maximum Gasteiger partial charge on any atom is 0.305 e. The molecule has 3 aromatic rings. The molecule has 0 radical (unpaired) electrons. The third kappa shape index (κ3) is 2.82.